The Hall–Kier alpha value is -1.71. The topological polar surface area (TPSA) is 19.4 Å². The van der Waals surface area contributed by atoms with Crippen LogP contribution in [0.1, 0.15) is 29.7 Å². The highest BCUT2D eigenvalue weighted by Gasteiger charge is 2.42. The van der Waals surface area contributed by atoms with Gasteiger partial charge in [-0.3, -0.25) is 9.88 Å². The monoisotopic (exact) mass is 321 g/mol. The molecule has 1 saturated heterocycles. The van der Waals surface area contributed by atoms with Crippen LogP contribution in [-0.4, -0.2) is 48.0 Å². The molecule has 0 unspecified atom stereocenters. The molecule has 3 heterocycles. The first-order chi connectivity index (χ1) is 11.8. The van der Waals surface area contributed by atoms with Gasteiger partial charge in [0.25, 0.3) is 0 Å². The van der Waals surface area contributed by atoms with E-state index in [0.29, 0.717) is 0 Å². The second-order valence-corrected chi connectivity index (χ2v) is 7.27. The van der Waals surface area contributed by atoms with E-state index in [0.717, 1.165) is 13.0 Å². The summed E-state index contributed by atoms with van der Waals surface area (Å²) in [6.45, 7) is 4.68. The molecule has 3 heteroatoms. The molecule has 2 aliphatic rings. The van der Waals surface area contributed by atoms with E-state index < -0.39 is 0 Å². The zero-order valence-corrected chi connectivity index (χ0v) is 14.6. The first-order valence-corrected chi connectivity index (χ1v) is 9.20. The molecule has 0 atom stereocenters. The number of likely N-dealkylation sites (tertiary alicyclic amines) is 1. The molecule has 0 N–H and O–H groups in total. The zero-order chi connectivity index (χ0) is 16.4. The molecule has 3 nitrogen and oxygen atoms in total. The molecule has 1 fully saturated rings. The predicted molar refractivity (Wildman–Crippen MR) is 98.1 cm³/mol. The number of benzene rings is 1. The quantitative estimate of drug-likeness (QED) is 0.866. The molecule has 0 aliphatic carbocycles. The number of aromatic nitrogens is 1. The van der Waals surface area contributed by atoms with Gasteiger partial charge in [0.2, 0.25) is 0 Å². The third-order valence-corrected chi connectivity index (χ3v) is 6.06. The van der Waals surface area contributed by atoms with Crippen LogP contribution in [0.5, 0.6) is 0 Å². The summed E-state index contributed by atoms with van der Waals surface area (Å²) in [5, 5.41) is 0. The molecule has 2 aliphatic heterocycles. The molecule has 0 saturated carbocycles. The van der Waals surface area contributed by atoms with E-state index in [1.165, 1.54) is 44.6 Å². The minimum absolute atomic E-state index is 0.260. The smallest absolute Gasteiger partial charge is 0.0484 e. The lowest BCUT2D eigenvalue weighted by Gasteiger charge is -2.51. The van der Waals surface area contributed by atoms with E-state index in [-0.39, 0.29) is 5.54 Å². The van der Waals surface area contributed by atoms with Crippen molar-refractivity contribution in [2.24, 2.45) is 0 Å². The van der Waals surface area contributed by atoms with E-state index in [2.05, 4.69) is 58.2 Å². The minimum Gasteiger partial charge on any atom is -0.303 e. The van der Waals surface area contributed by atoms with Gasteiger partial charge >= 0.3 is 0 Å². The van der Waals surface area contributed by atoms with E-state index in [9.17, 15) is 0 Å². The Morgan fingerprint density at radius 3 is 2.58 bits per heavy atom. The van der Waals surface area contributed by atoms with Crippen LogP contribution in [-0.2, 0) is 18.4 Å². The van der Waals surface area contributed by atoms with E-state index >= 15 is 0 Å². The van der Waals surface area contributed by atoms with Crippen LogP contribution in [0.4, 0.5) is 0 Å². The molecular formula is C21H27N3. The lowest BCUT2D eigenvalue weighted by atomic mass is 9.74. The van der Waals surface area contributed by atoms with Crippen LogP contribution < -0.4 is 0 Å². The molecule has 1 aromatic carbocycles. The summed E-state index contributed by atoms with van der Waals surface area (Å²) in [4.78, 5) is 9.69. The molecule has 0 bridgehead atoms. The number of nitrogens with zero attached hydrogens (tertiary/aromatic N) is 3. The molecule has 4 rings (SSSR count). The van der Waals surface area contributed by atoms with Gasteiger partial charge < -0.3 is 4.90 Å². The minimum atomic E-state index is 0.260. The number of pyridine rings is 1. The van der Waals surface area contributed by atoms with Gasteiger partial charge in [-0.25, -0.2) is 0 Å². The highest BCUT2D eigenvalue weighted by Crippen LogP contribution is 2.42. The summed E-state index contributed by atoms with van der Waals surface area (Å²) in [7, 11) is 2.32. The lowest BCUT2D eigenvalue weighted by molar-refractivity contribution is 0.0283. The summed E-state index contributed by atoms with van der Waals surface area (Å²) in [5.74, 6) is 0. The number of fused-ring (bicyclic) bond motifs is 2. The lowest BCUT2D eigenvalue weighted by Crippen LogP contribution is -2.54. The van der Waals surface area contributed by atoms with Crippen molar-refractivity contribution in [2.75, 3.05) is 33.2 Å². The number of hydrogen-bond donors (Lipinski definition) is 0. The Labute approximate surface area is 145 Å². The van der Waals surface area contributed by atoms with Crippen molar-refractivity contribution in [1.29, 1.82) is 0 Å². The molecule has 0 amide bonds. The van der Waals surface area contributed by atoms with Crippen molar-refractivity contribution in [3.05, 3.63) is 65.5 Å². The Bertz CT molecular complexity index is 674. The van der Waals surface area contributed by atoms with Crippen molar-refractivity contribution in [3.8, 4) is 0 Å². The van der Waals surface area contributed by atoms with Crippen LogP contribution in [0, 0.1) is 0 Å². The third-order valence-electron chi connectivity index (χ3n) is 6.06. The predicted octanol–water partition coefficient (Wildman–Crippen LogP) is 3.10. The molecule has 1 aromatic heterocycles. The van der Waals surface area contributed by atoms with Crippen LogP contribution >= 0.6 is 0 Å². The molecule has 1 spiro atoms. The van der Waals surface area contributed by atoms with Gasteiger partial charge in [0.15, 0.2) is 0 Å². The Morgan fingerprint density at radius 1 is 1.00 bits per heavy atom. The van der Waals surface area contributed by atoms with Crippen molar-refractivity contribution in [3.63, 3.8) is 0 Å². The summed E-state index contributed by atoms with van der Waals surface area (Å²) in [6, 6.07) is 15.3. The summed E-state index contributed by atoms with van der Waals surface area (Å²) >= 11 is 0. The van der Waals surface area contributed by atoms with E-state index in [1.54, 1.807) is 11.1 Å². The van der Waals surface area contributed by atoms with Gasteiger partial charge in [-0.15, -0.1) is 0 Å². The van der Waals surface area contributed by atoms with Crippen molar-refractivity contribution < 1.29 is 0 Å². The first kappa shape index (κ1) is 15.8. The second-order valence-electron chi connectivity index (χ2n) is 7.27. The highest BCUT2D eigenvalue weighted by atomic mass is 15.2. The SMILES string of the molecule is CN1CCc2ccccc2C12CCN(CCc1ccccn1)CC2. The third kappa shape index (κ3) is 2.87. The Kier molecular flexibility index (Phi) is 4.38. The number of hydrogen-bond acceptors (Lipinski definition) is 3. The fourth-order valence-electron chi connectivity index (χ4n) is 4.52. The normalized spacial score (nSPS) is 20.9. The maximum atomic E-state index is 4.45. The zero-order valence-electron chi connectivity index (χ0n) is 14.6. The summed E-state index contributed by atoms with van der Waals surface area (Å²) in [5.41, 5.74) is 4.62. The Balaban J connectivity index is 1.44. The maximum absolute atomic E-state index is 4.45. The van der Waals surface area contributed by atoms with Crippen molar-refractivity contribution in [2.45, 2.75) is 31.2 Å². The number of likely N-dealkylation sites (N-methyl/N-ethyl adjacent to an activating group) is 1. The highest BCUT2D eigenvalue weighted by molar-refractivity contribution is 5.37. The van der Waals surface area contributed by atoms with Crippen LogP contribution in [0.15, 0.2) is 48.7 Å². The van der Waals surface area contributed by atoms with Gasteiger partial charge in [0, 0.05) is 50.0 Å². The molecule has 126 valence electrons. The fraction of sp³-hybridized carbons (Fsp3) is 0.476. The standard InChI is InChI=1S/C21H27N3/c1-23-14-9-18-6-2-3-8-20(18)21(23)11-16-24(17-12-21)15-10-19-7-4-5-13-22-19/h2-8,13H,9-12,14-17H2,1H3. The molecule has 2 aromatic rings. The molecule has 24 heavy (non-hydrogen) atoms. The van der Waals surface area contributed by atoms with Gasteiger partial charge in [0.05, 0.1) is 0 Å². The first-order valence-electron chi connectivity index (χ1n) is 9.20. The van der Waals surface area contributed by atoms with Gasteiger partial charge in [-0.1, -0.05) is 30.3 Å². The van der Waals surface area contributed by atoms with Crippen LogP contribution in [0.3, 0.4) is 0 Å². The molecule has 0 radical (unpaired) electrons. The van der Waals surface area contributed by atoms with Gasteiger partial charge in [-0.2, -0.15) is 0 Å². The van der Waals surface area contributed by atoms with Gasteiger partial charge in [-0.05, 0) is 49.6 Å². The Morgan fingerprint density at radius 2 is 1.79 bits per heavy atom. The van der Waals surface area contributed by atoms with E-state index in [4.69, 9.17) is 0 Å². The number of rotatable bonds is 3. The maximum Gasteiger partial charge on any atom is 0.0484 e. The second kappa shape index (κ2) is 6.66. The van der Waals surface area contributed by atoms with Crippen molar-refractivity contribution in [1.82, 2.24) is 14.8 Å². The fourth-order valence-corrected chi connectivity index (χ4v) is 4.52. The van der Waals surface area contributed by atoms with Gasteiger partial charge in [0.1, 0.15) is 0 Å². The largest absolute Gasteiger partial charge is 0.303 e. The van der Waals surface area contributed by atoms with Crippen LogP contribution in [0.25, 0.3) is 0 Å². The number of piperidine rings is 1. The van der Waals surface area contributed by atoms with Crippen molar-refractivity contribution >= 4 is 0 Å². The molecular weight excluding hydrogens is 294 g/mol. The summed E-state index contributed by atoms with van der Waals surface area (Å²) in [6.07, 6.45) is 6.62. The summed E-state index contributed by atoms with van der Waals surface area (Å²) < 4.78 is 0. The average molecular weight is 321 g/mol. The van der Waals surface area contributed by atoms with E-state index in [1.807, 2.05) is 12.3 Å². The van der Waals surface area contributed by atoms with Crippen LogP contribution in [0.2, 0.25) is 0 Å². The average Bonchev–Trinajstić information content (AvgIpc) is 2.65.